The van der Waals surface area contributed by atoms with Crippen molar-refractivity contribution in [1.29, 1.82) is 0 Å². The highest BCUT2D eigenvalue weighted by atomic mass is 19.1. The Morgan fingerprint density at radius 2 is 1.50 bits per heavy atom. The van der Waals surface area contributed by atoms with Gasteiger partial charge in [0.1, 0.15) is 5.82 Å². The number of aliphatic hydroxyl groups excluding tert-OH is 2. The van der Waals surface area contributed by atoms with Crippen LogP contribution >= 0.6 is 0 Å². The van der Waals surface area contributed by atoms with Gasteiger partial charge in [0.05, 0.1) is 19.6 Å². The first-order valence-corrected chi connectivity index (χ1v) is 15.9. The molecule has 0 spiro atoms. The molecule has 2 aromatic rings. The van der Waals surface area contributed by atoms with Crippen LogP contribution in [0, 0.1) is 15.9 Å². The number of likely N-dealkylation sites (tertiary alicyclic amines) is 1. The number of benzene rings is 2. The first kappa shape index (κ1) is 38.4. The number of ether oxygens (including phenoxy) is 2. The SMILES string of the molecule is CCC(c1ccc(CC(=O)N(Cc2ccc(F)cc2)C2CCN(CCC3OCCCO3)CC2)cc1)[N+](=O)[O-].O=C(O)[C@H](O)[C@@H](O)C(=O)O. The lowest BCUT2D eigenvalue weighted by molar-refractivity contribution is -0.529. The first-order chi connectivity index (χ1) is 22.9. The Morgan fingerprint density at radius 1 is 0.958 bits per heavy atom. The number of carboxylic acid groups (broad SMARTS) is 2. The summed E-state index contributed by atoms with van der Waals surface area (Å²) in [6.07, 6.45) is -0.518. The Balaban J connectivity index is 0.000000542. The van der Waals surface area contributed by atoms with Crippen LogP contribution in [0.4, 0.5) is 4.39 Å². The number of aliphatic hydroxyl groups is 2. The van der Waals surface area contributed by atoms with Crippen LogP contribution in [-0.4, -0.2) is 110 Å². The second-order valence-corrected chi connectivity index (χ2v) is 11.7. The molecular weight excluding hydrogens is 633 g/mol. The van der Waals surface area contributed by atoms with Crippen molar-refractivity contribution in [2.45, 2.75) is 82.6 Å². The van der Waals surface area contributed by atoms with Crippen molar-refractivity contribution in [2.24, 2.45) is 0 Å². The van der Waals surface area contributed by atoms with E-state index >= 15 is 0 Å². The fraction of sp³-hybridized carbons (Fsp3) is 0.545. The summed E-state index contributed by atoms with van der Waals surface area (Å²) in [6.45, 7) is 6.40. The maximum Gasteiger partial charge on any atom is 0.335 e. The Labute approximate surface area is 277 Å². The average Bonchev–Trinajstić information content (AvgIpc) is 3.08. The Kier molecular flexibility index (Phi) is 15.3. The summed E-state index contributed by atoms with van der Waals surface area (Å²) in [5.74, 6) is -3.83. The number of nitrogens with zero attached hydrogens (tertiary/aromatic N) is 3. The summed E-state index contributed by atoms with van der Waals surface area (Å²) >= 11 is 0. The van der Waals surface area contributed by atoms with Crippen molar-refractivity contribution < 1.29 is 53.6 Å². The molecule has 15 heteroatoms. The number of amides is 1. The van der Waals surface area contributed by atoms with Gasteiger partial charge in [0.15, 0.2) is 18.5 Å². The molecule has 2 fully saturated rings. The maximum atomic E-state index is 13.6. The smallest absolute Gasteiger partial charge is 0.335 e. The summed E-state index contributed by atoms with van der Waals surface area (Å²) in [6, 6.07) is 12.8. The lowest BCUT2D eigenvalue weighted by atomic mass is 9.99. The van der Waals surface area contributed by atoms with E-state index in [1.807, 2.05) is 17.0 Å². The van der Waals surface area contributed by atoms with E-state index in [2.05, 4.69) is 4.90 Å². The second kappa shape index (κ2) is 19.1. The number of carboxylic acids is 2. The molecule has 264 valence electrons. The summed E-state index contributed by atoms with van der Waals surface area (Å²) in [4.78, 5) is 48.5. The lowest BCUT2D eigenvalue weighted by Gasteiger charge is -2.39. The fourth-order valence-electron chi connectivity index (χ4n) is 5.56. The molecular formula is C33H44FN3O11. The quantitative estimate of drug-likeness (QED) is 0.169. The molecule has 3 atom stereocenters. The molecule has 0 bridgehead atoms. The number of nitro groups is 1. The minimum Gasteiger partial charge on any atom is -0.479 e. The van der Waals surface area contributed by atoms with Crippen LogP contribution in [0.3, 0.4) is 0 Å². The molecule has 0 saturated carbocycles. The van der Waals surface area contributed by atoms with E-state index < -0.39 is 30.2 Å². The number of hydrogen-bond acceptors (Lipinski definition) is 10. The third kappa shape index (κ3) is 11.9. The predicted octanol–water partition coefficient (Wildman–Crippen LogP) is 2.62. The van der Waals surface area contributed by atoms with Gasteiger partial charge in [-0.3, -0.25) is 14.9 Å². The molecule has 2 aromatic carbocycles. The number of rotatable bonds is 14. The molecule has 1 amide bonds. The van der Waals surface area contributed by atoms with Crippen LogP contribution < -0.4 is 0 Å². The van der Waals surface area contributed by atoms with Gasteiger partial charge in [-0.25, -0.2) is 14.0 Å². The molecule has 4 rings (SSSR count). The van der Waals surface area contributed by atoms with Gasteiger partial charge in [-0.2, -0.15) is 0 Å². The number of hydrogen-bond donors (Lipinski definition) is 4. The summed E-state index contributed by atoms with van der Waals surface area (Å²) in [5.41, 5.74) is 2.36. The molecule has 2 saturated heterocycles. The van der Waals surface area contributed by atoms with Crippen molar-refractivity contribution in [3.05, 3.63) is 81.2 Å². The van der Waals surface area contributed by atoms with Gasteiger partial charge in [-0.15, -0.1) is 0 Å². The number of carbonyl (C=O) groups excluding carboxylic acids is 1. The van der Waals surface area contributed by atoms with E-state index in [1.165, 1.54) is 12.1 Å². The number of carbonyl (C=O) groups is 3. The maximum absolute atomic E-state index is 13.6. The van der Waals surface area contributed by atoms with Gasteiger partial charge < -0.3 is 39.7 Å². The molecule has 1 unspecified atom stereocenters. The number of piperidine rings is 1. The van der Waals surface area contributed by atoms with Crippen molar-refractivity contribution in [1.82, 2.24) is 9.80 Å². The van der Waals surface area contributed by atoms with Crippen LogP contribution in [0.15, 0.2) is 48.5 Å². The number of halogens is 1. The molecule has 0 radical (unpaired) electrons. The summed E-state index contributed by atoms with van der Waals surface area (Å²) in [5, 5.41) is 43.8. The molecule has 0 aromatic heterocycles. The van der Waals surface area contributed by atoms with Gasteiger partial charge in [0, 0.05) is 55.5 Å². The molecule has 4 N–H and O–H groups in total. The normalized spacial score (nSPS) is 17.8. The highest BCUT2D eigenvalue weighted by Crippen LogP contribution is 2.24. The predicted molar refractivity (Wildman–Crippen MR) is 169 cm³/mol. The molecule has 2 heterocycles. The van der Waals surface area contributed by atoms with Crippen LogP contribution in [0.1, 0.15) is 61.8 Å². The highest BCUT2D eigenvalue weighted by molar-refractivity contribution is 5.83. The third-order valence-corrected chi connectivity index (χ3v) is 8.33. The molecule has 48 heavy (non-hydrogen) atoms. The zero-order chi connectivity index (χ0) is 35.2. The van der Waals surface area contributed by atoms with Crippen LogP contribution in [0.5, 0.6) is 0 Å². The van der Waals surface area contributed by atoms with Crippen LogP contribution in [-0.2, 0) is 36.8 Å². The van der Waals surface area contributed by atoms with E-state index in [0.717, 1.165) is 69.7 Å². The van der Waals surface area contributed by atoms with Crippen molar-refractivity contribution >= 4 is 17.8 Å². The highest BCUT2D eigenvalue weighted by Gasteiger charge is 2.30. The van der Waals surface area contributed by atoms with Crippen LogP contribution in [0.2, 0.25) is 0 Å². The Hall–Kier alpha value is -4.02. The molecule has 0 aliphatic carbocycles. The van der Waals surface area contributed by atoms with E-state index in [9.17, 15) is 28.9 Å². The van der Waals surface area contributed by atoms with E-state index in [4.69, 9.17) is 29.9 Å². The summed E-state index contributed by atoms with van der Waals surface area (Å²) in [7, 11) is 0. The van der Waals surface area contributed by atoms with Crippen LogP contribution in [0.25, 0.3) is 0 Å². The number of aliphatic carboxylic acids is 2. The van der Waals surface area contributed by atoms with E-state index in [0.29, 0.717) is 18.5 Å². The van der Waals surface area contributed by atoms with Gasteiger partial charge in [-0.1, -0.05) is 43.3 Å². The topological polar surface area (TPSA) is 200 Å². The molecule has 2 aliphatic heterocycles. The van der Waals surface area contributed by atoms with Gasteiger partial charge in [0.25, 0.3) is 0 Å². The van der Waals surface area contributed by atoms with E-state index in [1.54, 1.807) is 31.2 Å². The average molecular weight is 678 g/mol. The second-order valence-electron chi connectivity index (χ2n) is 11.7. The Morgan fingerprint density at radius 3 is 2.00 bits per heavy atom. The van der Waals surface area contributed by atoms with Gasteiger partial charge in [-0.05, 0) is 42.5 Å². The monoisotopic (exact) mass is 677 g/mol. The largest absolute Gasteiger partial charge is 0.479 e. The molecule has 2 aliphatic rings. The minimum absolute atomic E-state index is 0.00542. The Bertz CT molecular complexity index is 1310. The first-order valence-electron chi connectivity index (χ1n) is 15.9. The zero-order valence-electron chi connectivity index (χ0n) is 26.9. The van der Waals surface area contributed by atoms with Crippen molar-refractivity contribution in [2.75, 3.05) is 32.8 Å². The van der Waals surface area contributed by atoms with E-state index in [-0.39, 0.29) is 35.4 Å². The minimum atomic E-state index is -2.27. The van der Waals surface area contributed by atoms with Gasteiger partial charge in [0.2, 0.25) is 11.9 Å². The lowest BCUT2D eigenvalue weighted by Crippen LogP contribution is -2.48. The standard InChI is InChI=1S/C29H38FN3O5.C4H6O6/c1-2-27(33(35)36)24-8-4-22(5-9-24)20-28(34)32(21-23-6-10-25(30)11-7-23)26-12-15-31(16-13-26)17-14-29-37-18-3-19-38-29;5-1(3(7)8)2(6)4(9)10/h4-11,26-27,29H,2-3,12-21H2,1H3;1-2,5-6H,(H,7,8)(H,9,10)/t;1-,2-/m.1/s1. The molecule has 14 nitrogen and oxygen atoms in total. The van der Waals surface area contributed by atoms with Crippen molar-refractivity contribution in [3.8, 4) is 0 Å². The zero-order valence-corrected chi connectivity index (χ0v) is 26.9. The van der Waals surface area contributed by atoms with Crippen molar-refractivity contribution in [3.63, 3.8) is 0 Å². The fourth-order valence-corrected chi connectivity index (χ4v) is 5.56. The third-order valence-electron chi connectivity index (χ3n) is 8.33. The van der Waals surface area contributed by atoms with Gasteiger partial charge >= 0.3 is 11.9 Å². The summed E-state index contributed by atoms with van der Waals surface area (Å²) < 4.78 is 24.8.